The van der Waals surface area contributed by atoms with E-state index < -0.39 is 155 Å². The average molecular weight is 1320 g/mol. The highest BCUT2D eigenvalue weighted by Crippen LogP contribution is 2.39. The van der Waals surface area contributed by atoms with E-state index in [1.807, 2.05) is 6.08 Å². The lowest BCUT2D eigenvalue weighted by Gasteiger charge is -2.50. The Kier molecular flexibility index (Phi) is 45.1. The van der Waals surface area contributed by atoms with Crippen molar-refractivity contribution >= 4 is 17.8 Å². The van der Waals surface area contributed by atoms with E-state index in [4.69, 9.17) is 28.4 Å². The molecule has 3 aliphatic heterocycles. The third-order valence-corrected chi connectivity index (χ3v) is 18.1. The number of allylic oxidation sites excluding steroid dienone is 3. The van der Waals surface area contributed by atoms with E-state index in [1.165, 1.54) is 161 Å². The number of carbonyl (C=O) groups is 3. The lowest BCUT2D eigenvalue weighted by molar-refractivity contribution is -0.386. The molecule has 0 aromatic carbocycles. The summed E-state index contributed by atoms with van der Waals surface area (Å²) < 4.78 is 34.8. The van der Waals surface area contributed by atoms with Gasteiger partial charge in [-0.2, -0.15) is 0 Å². The summed E-state index contributed by atoms with van der Waals surface area (Å²) in [6.45, 7) is 2.14. The number of hydrogen-bond donors (Lipinski definition) is 14. The van der Waals surface area contributed by atoms with E-state index in [9.17, 15) is 75.7 Å². The van der Waals surface area contributed by atoms with E-state index in [-0.39, 0.29) is 12.3 Å². The van der Waals surface area contributed by atoms with E-state index in [0.717, 1.165) is 58.3 Å². The van der Waals surface area contributed by atoms with Gasteiger partial charge in [-0.05, 0) is 44.9 Å². The molecule has 92 heavy (non-hydrogen) atoms. The number of aliphatic hydroxyl groups is 11. The molecule has 23 heteroatoms. The Labute approximate surface area is 549 Å². The van der Waals surface area contributed by atoms with Gasteiger partial charge in [0.05, 0.1) is 50.7 Å². The van der Waals surface area contributed by atoms with Crippen LogP contribution in [0.15, 0.2) is 24.3 Å². The third kappa shape index (κ3) is 31.6. The van der Waals surface area contributed by atoms with Gasteiger partial charge < -0.3 is 100 Å². The van der Waals surface area contributed by atoms with Crippen molar-refractivity contribution < 1.29 is 104 Å². The van der Waals surface area contributed by atoms with Crippen molar-refractivity contribution in [2.45, 2.75) is 368 Å². The van der Waals surface area contributed by atoms with Crippen LogP contribution in [0, 0.1) is 0 Å². The summed E-state index contributed by atoms with van der Waals surface area (Å²) in [4.78, 5) is 38.5. The van der Waals surface area contributed by atoms with Gasteiger partial charge >= 0.3 is 5.97 Å². The number of nitrogens with one attached hydrogen (secondary N) is 2. The van der Waals surface area contributed by atoms with Crippen LogP contribution >= 0.6 is 0 Å². The molecule has 3 heterocycles. The third-order valence-electron chi connectivity index (χ3n) is 18.1. The van der Waals surface area contributed by atoms with Crippen LogP contribution in [-0.4, -0.2) is 215 Å². The molecule has 3 rings (SSSR count). The fraction of sp³-hybridized carbons (Fsp3) is 0.899. The molecular formula is C69H126N2O21. The van der Waals surface area contributed by atoms with E-state index in [0.29, 0.717) is 12.8 Å². The van der Waals surface area contributed by atoms with Crippen LogP contribution in [0.4, 0.5) is 0 Å². The highest BCUT2D eigenvalue weighted by molar-refractivity contribution is 5.77. The molecule has 538 valence electrons. The Balaban J connectivity index is 1.57. The highest BCUT2D eigenvalue weighted by Gasteiger charge is 2.60. The molecule has 23 nitrogen and oxygen atoms in total. The van der Waals surface area contributed by atoms with Gasteiger partial charge in [-0.15, -0.1) is 0 Å². The summed E-state index contributed by atoms with van der Waals surface area (Å²) in [7, 11) is 0. The van der Waals surface area contributed by atoms with Crippen LogP contribution in [0.3, 0.4) is 0 Å². The molecule has 0 aromatic heterocycles. The molecule has 0 radical (unpaired) electrons. The first-order chi connectivity index (χ1) is 44.4. The number of hydrogen-bond acceptors (Lipinski definition) is 20. The number of carboxylic acid groups (broad SMARTS) is 1. The predicted molar refractivity (Wildman–Crippen MR) is 348 cm³/mol. The minimum absolute atomic E-state index is 0.198. The molecule has 2 amide bonds. The van der Waals surface area contributed by atoms with Gasteiger partial charge in [-0.3, -0.25) is 9.59 Å². The Morgan fingerprint density at radius 3 is 1.48 bits per heavy atom. The molecule has 0 spiro atoms. The standard InChI is InChI=1S/C69H126N2O21/c1-4-6-8-10-12-14-16-18-20-21-22-23-24-25-26-27-28-29-31-33-35-37-39-41-43-56(79)71-50(51(76)42-40-38-36-34-32-30-19-17-15-13-11-9-7-5-2)48-87-66-61(83)60(82)63(55(47-74)89-66)90-67-62(84)65(59(81)54(46-73)88-67)92-69(68(85)86)44-52(77)57(70-49(3)75)64(91-69)58(80)53(78)45-72/h25-26,40,42,50-55,57-67,72-74,76-78,80-84H,4-24,27-39,41,43-48H2,1-3H3,(H,70,75)(H,71,79)(H,85,86)/b26-25-,42-40+. The smallest absolute Gasteiger partial charge is 0.364 e. The van der Waals surface area contributed by atoms with Crippen molar-refractivity contribution in [3.05, 3.63) is 24.3 Å². The normalized spacial score (nSPS) is 28.3. The molecule has 0 saturated carbocycles. The number of unbranched alkanes of at least 4 members (excludes halogenated alkanes) is 32. The summed E-state index contributed by atoms with van der Waals surface area (Å²) >= 11 is 0. The lowest BCUT2D eigenvalue weighted by Crippen LogP contribution is -2.70. The number of carboxylic acids is 1. The largest absolute Gasteiger partial charge is 0.477 e. The van der Waals surface area contributed by atoms with Gasteiger partial charge in [0, 0.05) is 19.8 Å². The van der Waals surface area contributed by atoms with Crippen molar-refractivity contribution in [3.63, 3.8) is 0 Å². The van der Waals surface area contributed by atoms with Crippen molar-refractivity contribution in [2.24, 2.45) is 0 Å². The summed E-state index contributed by atoms with van der Waals surface area (Å²) in [5.41, 5.74) is 0. The Morgan fingerprint density at radius 2 is 1.02 bits per heavy atom. The van der Waals surface area contributed by atoms with Crippen LogP contribution in [0.25, 0.3) is 0 Å². The summed E-state index contributed by atoms with van der Waals surface area (Å²) in [5.74, 6) is -6.14. The highest BCUT2D eigenvalue weighted by atomic mass is 16.8. The molecule has 0 bridgehead atoms. The molecule has 0 aliphatic carbocycles. The molecule has 3 fully saturated rings. The monoisotopic (exact) mass is 1320 g/mol. The molecule has 3 aliphatic rings. The van der Waals surface area contributed by atoms with Crippen molar-refractivity contribution in [1.29, 1.82) is 0 Å². The van der Waals surface area contributed by atoms with E-state index >= 15 is 0 Å². The molecule has 14 N–H and O–H groups in total. The van der Waals surface area contributed by atoms with Crippen LogP contribution in [0.1, 0.15) is 258 Å². The molecule has 3 saturated heterocycles. The van der Waals surface area contributed by atoms with Crippen LogP contribution in [-0.2, 0) is 42.8 Å². The van der Waals surface area contributed by atoms with Crippen LogP contribution < -0.4 is 10.6 Å². The quantitative estimate of drug-likeness (QED) is 0.0219. The van der Waals surface area contributed by atoms with Gasteiger partial charge in [0.25, 0.3) is 5.79 Å². The zero-order chi connectivity index (χ0) is 67.5. The maximum atomic E-state index is 13.5. The second-order valence-corrected chi connectivity index (χ2v) is 26.1. The minimum atomic E-state index is -3.08. The Hall–Kier alpha value is -2.79. The average Bonchev–Trinajstić information content (AvgIpc) is 0.768. The van der Waals surface area contributed by atoms with Gasteiger partial charge in [0.15, 0.2) is 12.6 Å². The molecule has 18 unspecified atom stereocenters. The molecule has 0 aromatic rings. The molecular weight excluding hydrogens is 1190 g/mol. The van der Waals surface area contributed by atoms with E-state index in [2.05, 4.69) is 36.6 Å². The number of amides is 2. The Morgan fingerprint density at radius 1 is 0.565 bits per heavy atom. The fourth-order valence-electron chi connectivity index (χ4n) is 12.4. The maximum Gasteiger partial charge on any atom is 0.364 e. The first-order valence-electron chi connectivity index (χ1n) is 35.7. The zero-order valence-electron chi connectivity index (χ0n) is 56.2. The topological polar surface area (TPSA) is 373 Å². The molecule has 18 atom stereocenters. The van der Waals surface area contributed by atoms with Gasteiger partial charge in [0.1, 0.15) is 67.1 Å². The predicted octanol–water partition coefficient (Wildman–Crippen LogP) is 6.84. The number of aliphatic hydroxyl groups excluding tert-OH is 11. The lowest BCUT2D eigenvalue weighted by atomic mass is 9.88. The van der Waals surface area contributed by atoms with Crippen molar-refractivity contribution in [3.8, 4) is 0 Å². The number of aliphatic carboxylic acids is 1. The summed E-state index contributed by atoms with van der Waals surface area (Å²) in [6, 6.07) is -2.62. The maximum absolute atomic E-state index is 13.5. The number of carbonyl (C=O) groups excluding carboxylic acids is 2. The zero-order valence-corrected chi connectivity index (χ0v) is 56.2. The second-order valence-electron chi connectivity index (χ2n) is 26.1. The van der Waals surface area contributed by atoms with E-state index in [1.54, 1.807) is 6.08 Å². The first-order valence-corrected chi connectivity index (χ1v) is 35.7. The van der Waals surface area contributed by atoms with Crippen LogP contribution in [0.2, 0.25) is 0 Å². The number of rotatable bonds is 54. The first kappa shape index (κ1) is 83.4. The van der Waals surface area contributed by atoms with Crippen LogP contribution in [0.5, 0.6) is 0 Å². The Bertz CT molecular complexity index is 1960. The fourth-order valence-corrected chi connectivity index (χ4v) is 12.4. The minimum Gasteiger partial charge on any atom is -0.477 e. The van der Waals surface area contributed by atoms with Gasteiger partial charge in [0.2, 0.25) is 11.8 Å². The summed E-state index contributed by atoms with van der Waals surface area (Å²) in [5, 5.41) is 136. The second kappa shape index (κ2) is 49.7. The SMILES string of the molecule is CCCCCCCCCCCCCC/C=C\CCCCCCCCCCC(=O)NC(COC1OC(CO)C(OC2OC(CO)C(O)C(OC3(C(=O)O)CC(O)C(NC(C)=O)C(C(O)C(O)CO)O3)C2O)C(O)C1O)C(O)/C=C/CCCCCCCCCCCCCC. The van der Waals surface area contributed by atoms with Gasteiger partial charge in [-0.1, -0.05) is 218 Å². The summed E-state index contributed by atoms with van der Waals surface area (Å²) in [6.07, 6.45) is 20.8. The van der Waals surface area contributed by atoms with Crippen molar-refractivity contribution in [2.75, 3.05) is 26.4 Å². The van der Waals surface area contributed by atoms with Gasteiger partial charge in [-0.25, -0.2) is 4.79 Å². The number of ether oxygens (including phenoxy) is 6. The van der Waals surface area contributed by atoms with Crippen molar-refractivity contribution in [1.82, 2.24) is 10.6 Å².